The molecule has 0 saturated carbocycles. The van der Waals surface area contributed by atoms with Gasteiger partial charge in [-0.15, -0.1) is 0 Å². The summed E-state index contributed by atoms with van der Waals surface area (Å²) in [6.45, 7) is 3.78. The number of benzene rings is 2. The number of carbonyl (C=O) groups excluding carboxylic acids is 1. The van der Waals surface area contributed by atoms with Crippen molar-refractivity contribution in [3.63, 3.8) is 0 Å². The van der Waals surface area contributed by atoms with Crippen LogP contribution in [0.25, 0.3) is 22.1 Å². The minimum absolute atomic E-state index is 0.216. The fourth-order valence-corrected chi connectivity index (χ4v) is 2.53. The molecule has 0 fully saturated rings. The summed E-state index contributed by atoms with van der Waals surface area (Å²) in [5, 5.41) is 29.0. The molecule has 0 aliphatic rings. The topological polar surface area (TPSA) is 105 Å². The summed E-state index contributed by atoms with van der Waals surface area (Å²) in [5.74, 6) is 0. The molecule has 0 radical (unpaired) electrons. The molecule has 8 heteroatoms. The maximum atomic E-state index is 12.7. The summed E-state index contributed by atoms with van der Waals surface area (Å²) >= 11 is 0. The van der Waals surface area contributed by atoms with Crippen molar-refractivity contribution in [3.8, 4) is 0 Å². The second-order valence-corrected chi connectivity index (χ2v) is 5.62. The van der Waals surface area contributed by atoms with Crippen LogP contribution in [0.5, 0.6) is 0 Å². The lowest BCUT2D eigenvalue weighted by molar-refractivity contribution is -0.591. The highest BCUT2D eigenvalue weighted by molar-refractivity contribution is 5.87. The van der Waals surface area contributed by atoms with Crippen LogP contribution in [0.3, 0.4) is 0 Å². The third-order valence-electron chi connectivity index (χ3n) is 4.02. The van der Waals surface area contributed by atoms with Crippen molar-refractivity contribution in [2.75, 3.05) is 7.11 Å². The van der Waals surface area contributed by atoms with E-state index in [2.05, 4.69) is 15.3 Å². The number of methoxy groups -OCH3 is 1. The van der Waals surface area contributed by atoms with Crippen LogP contribution in [-0.4, -0.2) is 19.4 Å². The standard InChI is InChI=1S/C17H16N4O4/c1-10-6-14-15(7-11(10)2)21(24)16-8-12(4-5-13(16)20(14)23)9-18-19-17(22)25-3/h4-9H,1-3H3,(H,19,22)/b18-9+. The highest BCUT2D eigenvalue weighted by Crippen LogP contribution is 2.17. The summed E-state index contributed by atoms with van der Waals surface area (Å²) in [7, 11) is 1.23. The number of hydrogen-bond acceptors (Lipinski definition) is 5. The van der Waals surface area contributed by atoms with Crippen molar-refractivity contribution in [2.24, 2.45) is 5.10 Å². The van der Waals surface area contributed by atoms with Crippen molar-refractivity contribution in [2.45, 2.75) is 13.8 Å². The molecule has 0 atom stereocenters. The van der Waals surface area contributed by atoms with Gasteiger partial charge in [0.15, 0.2) is 0 Å². The third-order valence-corrected chi connectivity index (χ3v) is 4.02. The van der Waals surface area contributed by atoms with Crippen LogP contribution in [0.1, 0.15) is 16.7 Å². The molecule has 1 aromatic heterocycles. The molecule has 3 rings (SSSR count). The number of ether oxygens (including phenoxy) is 1. The molecule has 1 heterocycles. The van der Waals surface area contributed by atoms with Crippen LogP contribution in [0.2, 0.25) is 0 Å². The Morgan fingerprint density at radius 1 is 1.04 bits per heavy atom. The lowest BCUT2D eigenvalue weighted by atomic mass is 10.1. The van der Waals surface area contributed by atoms with Crippen LogP contribution in [0.4, 0.5) is 4.79 Å². The summed E-state index contributed by atoms with van der Waals surface area (Å²) in [6, 6.07) is 8.12. The number of fused-ring (bicyclic) bond motifs is 2. The van der Waals surface area contributed by atoms with E-state index in [1.165, 1.54) is 19.4 Å². The van der Waals surface area contributed by atoms with Crippen molar-refractivity contribution in [1.82, 2.24) is 5.43 Å². The van der Waals surface area contributed by atoms with Gasteiger partial charge in [0.2, 0.25) is 0 Å². The third kappa shape index (κ3) is 2.89. The first-order valence-corrected chi connectivity index (χ1v) is 7.49. The smallest absolute Gasteiger partial charge is 0.427 e. The van der Waals surface area contributed by atoms with E-state index in [-0.39, 0.29) is 11.0 Å². The van der Waals surface area contributed by atoms with Crippen molar-refractivity contribution >= 4 is 34.4 Å². The Morgan fingerprint density at radius 3 is 2.20 bits per heavy atom. The van der Waals surface area contributed by atoms with Gasteiger partial charge in [-0.25, -0.2) is 10.2 Å². The van der Waals surface area contributed by atoms with E-state index in [4.69, 9.17) is 0 Å². The van der Waals surface area contributed by atoms with E-state index in [9.17, 15) is 15.2 Å². The first-order valence-electron chi connectivity index (χ1n) is 7.49. The molecule has 128 valence electrons. The molecule has 0 spiro atoms. The van der Waals surface area contributed by atoms with Gasteiger partial charge in [-0.2, -0.15) is 14.6 Å². The number of amides is 1. The second-order valence-electron chi connectivity index (χ2n) is 5.62. The fourth-order valence-electron chi connectivity index (χ4n) is 2.53. The fraction of sp³-hybridized carbons (Fsp3) is 0.176. The number of hydrazone groups is 1. The molecule has 1 N–H and O–H groups in total. The molecule has 3 aromatic rings. The number of aryl methyl sites for hydroxylation is 2. The Bertz CT molecular complexity index is 1030. The van der Waals surface area contributed by atoms with Gasteiger partial charge in [-0.1, -0.05) is 0 Å². The predicted octanol–water partition coefficient (Wildman–Crippen LogP) is 1.57. The Morgan fingerprint density at radius 2 is 1.60 bits per heavy atom. The molecule has 8 nitrogen and oxygen atoms in total. The number of hydrogen-bond donors (Lipinski definition) is 1. The van der Waals surface area contributed by atoms with Gasteiger partial charge in [0.05, 0.1) is 13.3 Å². The molecule has 0 unspecified atom stereocenters. The second kappa shape index (κ2) is 6.23. The Hall–Kier alpha value is -3.42. The Labute approximate surface area is 143 Å². The number of aromatic nitrogens is 2. The minimum Gasteiger partial charge on any atom is -0.617 e. The monoisotopic (exact) mass is 340 g/mol. The molecular weight excluding hydrogens is 324 g/mol. The van der Waals surface area contributed by atoms with Gasteiger partial charge < -0.3 is 15.2 Å². The van der Waals surface area contributed by atoms with Crippen LogP contribution < -0.4 is 14.9 Å². The van der Waals surface area contributed by atoms with Gasteiger partial charge in [-0.05, 0) is 31.0 Å². The van der Waals surface area contributed by atoms with Gasteiger partial charge in [0.1, 0.15) is 0 Å². The lowest BCUT2D eigenvalue weighted by Crippen LogP contribution is -2.39. The average molecular weight is 340 g/mol. The number of carbonyl (C=O) groups is 1. The van der Waals surface area contributed by atoms with E-state index in [0.717, 1.165) is 20.6 Å². The SMILES string of the molecule is COC(=O)N/N=C/c1ccc2c(c1)[n+]([O-])c1cc(C)c(C)cc1[n+]2[O-]. The first-order chi connectivity index (χ1) is 11.9. The molecular formula is C17H16N4O4. The van der Waals surface area contributed by atoms with E-state index >= 15 is 0 Å². The Kier molecular flexibility index (Phi) is 4.10. The van der Waals surface area contributed by atoms with Crippen LogP contribution >= 0.6 is 0 Å². The number of nitrogens with zero attached hydrogens (tertiary/aromatic N) is 3. The van der Waals surface area contributed by atoms with Gasteiger partial charge in [0.25, 0.3) is 22.1 Å². The normalized spacial score (nSPS) is 11.3. The summed E-state index contributed by atoms with van der Waals surface area (Å²) in [5.41, 5.74) is 5.66. The zero-order valence-electron chi connectivity index (χ0n) is 13.9. The zero-order chi connectivity index (χ0) is 18.1. The van der Waals surface area contributed by atoms with Crippen LogP contribution in [-0.2, 0) is 4.74 Å². The van der Waals surface area contributed by atoms with Crippen molar-refractivity contribution in [3.05, 3.63) is 57.4 Å². The summed E-state index contributed by atoms with van der Waals surface area (Å²) in [4.78, 5) is 11.0. The molecule has 0 aliphatic carbocycles. The van der Waals surface area contributed by atoms with Gasteiger partial charge in [-0.3, -0.25) is 0 Å². The van der Waals surface area contributed by atoms with E-state index < -0.39 is 6.09 Å². The molecule has 0 saturated heterocycles. The maximum Gasteiger partial charge on any atom is 0.427 e. The molecule has 0 bridgehead atoms. The van der Waals surface area contributed by atoms with Gasteiger partial charge >= 0.3 is 6.09 Å². The van der Waals surface area contributed by atoms with E-state index in [1.54, 1.807) is 24.3 Å². The quantitative estimate of drug-likeness (QED) is 0.251. The largest absolute Gasteiger partial charge is 0.617 e. The van der Waals surface area contributed by atoms with Crippen LogP contribution in [0.15, 0.2) is 35.4 Å². The van der Waals surface area contributed by atoms with Crippen molar-refractivity contribution < 1.29 is 19.0 Å². The van der Waals surface area contributed by atoms with Gasteiger partial charge in [0, 0.05) is 29.8 Å². The lowest BCUT2D eigenvalue weighted by Gasteiger charge is -2.09. The predicted molar refractivity (Wildman–Crippen MR) is 92.0 cm³/mol. The highest BCUT2D eigenvalue weighted by Gasteiger charge is 2.22. The first kappa shape index (κ1) is 16.4. The summed E-state index contributed by atoms with van der Waals surface area (Å²) < 4.78 is 5.88. The van der Waals surface area contributed by atoms with Crippen LogP contribution in [0, 0.1) is 24.3 Å². The number of rotatable bonds is 2. The molecule has 2 aromatic carbocycles. The maximum absolute atomic E-state index is 12.7. The highest BCUT2D eigenvalue weighted by atomic mass is 16.5. The van der Waals surface area contributed by atoms with E-state index in [0.29, 0.717) is 16.6 Å². The zero-order valence-corrected chi connectivity index (χ0v) is 13.9. The summed E-state index contributed by atoms with van der Waals surface area (Å²) in [6.07, 6.45) is 0.654. The molecule has 0 aliphatic heterocycles. The Balaban J connectivity index is 2.16. The molecule has 25 heavy (non-hydrogen) atoms. The van der Waals surface area contributed by atoms with Crippen molar-refractivity contribution in [1.29, 1.82) is 0 Å². The molecule has 1 amide bonds. The van der Waals surface area contributed by atoms with E-state index in [1.807, 2.05) is 13.8 Å². The number of nitrogens with one attached hydrogen (secondary N) is 1. The minimum atomic E-state index is -0.704. The average Bonchev–Trinajstić information content (AvgIpc) is 2.61.